The van der Waals surface area contributed by atoms with E-state index in [9.17, 15) is 0 Å². The van der Waals surface area contributed by atoms with Gasteiger partial charge in [-0.15, -0.1) is 0 Å². The predicted molar refractivity (Wildman–Crippen MR) is 61.5 cm³/mol. The average Bonchev–Trinajstić information content (AvgIpc) is 2.94. The predicted octanol–water partition coefficient (Wildman–Crippen LogP) is 0.778. The monoisotopic (exact) mass is 231 g/mol. The van der Waals surface area contributed by atoms with Crippen LogP contribution in [0.15, 0.2) is 30.7 Å². The number of morpholine rings is 1. The van der Waals surface area contributed by atoms with Gasteiger partial charge in [0.15, 0.2) is 0 Å². The second-order valence-electron chi connectivity index (χ2n) is 3.87. The van der Waals surface area contributed by atoms with Crippen LogP contribution in [0.1, 0.15) is 11.8 Å². The van der Waals surface area contributed by atoms with Crippen molar-refractivity contribution < 1.29 is 4.74 Å². The quantitative estimate of drug-likeness (QED) is 0.827. The highest BCUT2D eigenvalue weighted by molar-refractivity contribution is 5.30. The van der Waals surface area contributed by atoms with Crippen molar-refractivity contribution in [2.75, 3.05) is 24.6 Å². The summed E-state index contributed by atoms with van der Waals surface area (Å²) in [6.07, 6.45) is 5.25. The number of nitrogens with zero attached hydrogens (tertiary/aromatic N) is 4. The van der Waals surface area contributed by atoms with Gasteiger partial charge in [0.2, 0.25) is 5.95 Å². The molecule has 0 saturated carbocycles. The summed E-state index contributed by atoms with van der Waals surface area (Å²) in [6, 6.07) is 3.75. The Kier molecular flexibility index (Phi) is 2.71. The van der Waals surface area contributed by atoms with E-state index < -0.39 is 0 Å². The molecule has 2 aromatic rings. The Morgan fingerprint density at radius 2 is 2.18 bits per heavy atom. The minimum Gasteiger partial charge on any atom is -0.368 e. The number of H-pyrrole nitrogens is 1. The van der Waals surface area contributed by atoms with Gasteiger partial charge in [-0.1, -0.05) is 0 Å². The van der Waals surface area contributed by atoms with Gasteiger partial charge in [0.25, 0.3) is 0 Å². The van der Waals surface area contributed by atoms with Crippen LogP contribution in [-0.4, -0.2) is 39.9 Å². The fraction of sp³-hybridized carbons (Fsp3) is 0.364. The van der Waals surface area contributed by atoms with Crippen molar-refractivity contribution in [3.05, 3.63) is 36.4 Å². The molecule has 3 rings (SSSR count). The number of ether oxygens (including phenoxy) is 1. The maximum Gasteiger partial charge on any atom is 0.225 e. The van der Waals surface area contributed by atoms with Crippen LogP contribution in [0.2, 0.25) is 0 Å². The number of hydrogen-bond donors (Lipinski definition) is 1. The zero-order chi connectivity index (χ0) is 11.5. The van der Waals surface area contributed by atoms with Crippen molar-refractivity contribution in [3.63, 3.8) is 0 Å². The highest BCUT2D eigenvalue weighted by Crippen LogP contribution is 2.22. The lowest BCUT2D eigenvalue weighted by molar-refractivity contribution is 0.0364. The maximum atomic E-state index is 5.71. The zero-order valence-corrected chi connectivity index (χ0v) is 9.28. The Balaban J connectivity index is 1.76. The molecular formula is C11H13N5O. The lowest BCUT2D eigenvalue weighted by Crippen LogP contribution is -2.39. The van der Waals surface area contributed by atoms with Gasteiger partial charge < -0.3 is 9.64 Å². The molecule has 1 N–H and O–H groups in total. The maximum absolute atomic E-state index is 5.71. The minimum absolute atomic E-state index is 0.00931. The molecule has 1 saturated heterocycles. The second-order valence-corrected chi connectivity index (χ2v) is 3.87. The molecule has 1 aliphatic rings. The highest BCUT2D eigenvalue weighted by Gasteiger charge is 2.24. The molecule has 2 aromatic heterocycles. The number of nitrogens with one attached hydrogen (secondary N) is 1. The molecule has 0 amide bonds. The van der Waals surface area contributed by atoms with Crippen LogP contribution in [-0.2, 0) is 4.74 Å². The number of anilines is 1. The summed E-state index contributed by atoms with van der Waals surface area (Å²) >= 11 is 0. The first-order valence-corrected chi connectivity index (χ1v) is 5.56. The summed E-state index contributed by atoms with van der Waals surface area (Å²) in [6.45, 7) is 2.22. The molecule has 3 heterocycles. The van der Waals surface area contributed by atoms with Crippen LogP contribution in [0.4, 0.5) is 5.95 Å². The van der Waals surface area contributed by atoms with Gasteiger partial charge in [-0.25, -0.2) is 9.97 Å². The van der Waals surface area contributed by atoms with Crippen LogP contribution in [0.5, 0.6) is 0 Å². The first-order valence-electron chi connectivity index (χ1n) is 5.56. The van der Waals surface area contributed by atoms with Crippen molar-refractivity contribution in [1.82, 2.24) is 20.2 Å². The summed E-state index contributed by atoms with van der Waals surface area (Å²) in [7, 11) is 0. The van der Waals surface area contributed by atoms with Crippen LogP contribution in [0.25, 0.3) is 0 Å². The Morgan fingerprint density at radius 3 is 2.94 bits per heavy atom. The molecule has 88 valence electrons. The third-order valence-corrected chi connectivity index (χ3v) is 2.77. The van der Waals surface area contributed by atoms with Crippen molar-refractivity contribution >= 4 is 5.95 Å². The zero-order valence-electron chi connectivity index (χ0n) is 9.28. The molecule has 1 unspecified atom stereocenters. The molecule has 17 heavy (non-hydrogen) atoms. The van der Waals surface area contributed by atoms with Crippen LogP contribution < -0.4 is 4.90 Å². The summed E-state index contributed by atoms with van der Waals surface area (Å²) in [5.41, 5.74) is 0.991. The normalized spacial score (nSPS) is 20.5. The molecule has 0 aliphatic carbocycles. The average molecular weight is 231 g/mol. The molecule has 1 atom stereocenters. The van der Waals surface area contributed by atoms with E-state index in [4.69, 9.17) is 4.74 Å². The van der Waals surface area contributed by atoms with E-state index in [1.807, 2.05) is 12.1 Å². The third kappa shape index (κ3) is 2.12. The first-order chi connectivity index (χ1) is 8.43. The molecule has 1 fully saturated rings. The lowest BCUT2D eigenvalue weighted by atomic mass is 10.2. The number of rotatable bonds is 2. The Morgan fingerprint density at radius 1 is 1.29 bits per heavy atom. The topological polar surface area (TPSA) is 66.9 Å². The van der Waals surface area contributed by atoms with E-state index >= 15 is 0 Å². The van der Waals surface area contributed by atoms with Gasteiger partial charge in [-0.05, 0) is 12.1 Å². The highest BCUT2D eigenvalue weighted by atomic mass is 16.5. The molecule has 0 bridgehead atoms. The second kappa shape index (κ2) is 4.50. The molecule has 0 radical (unpaired) electrons. The summed E-state index contributed by atoms with van der Waals surface area (Å²) in [4.78, 5) is 10.6. The third-order valence-electron chi connectivity index (χ3n) is 2.77. The number of aromatic nitrogens is 4. The van der Waals surface area contributed by atoms with E-state index in [-0.39, 0.29) is 6.10 Å². The van der Waals surface area contributed by atoms with Crippen LogP contribution in [0.3, 0.4) is 0 Å². The standard InChI is InChI=1S/C11H13N5O/c1-3-12-11(13-4-1)16-6-7-17-10(8-16)9-2-5-14-15-9/h1-5,10H,6-8H2,(H,14,15). The largest absolute Gasteiger partial charge is 0.368 e. The van der Waals surface area contributed by atoms with Gasteiger partial charge in [0.1, 0.15) is 6.10 Å². The molecule has 0 aromatic carbocycles. The molecular weight excluding hydrogens is 218 g/mol. The van der Waals surface area contributed by atoms with Crippen molar-refractivity contribution in [2.45, 2.75) is 6.10 Å². The first kappa shape index (κ1) is 10.2. The van der Waals surface area contributed by atoms with Crippen molar-refractivity contribution in [1.29, 1.82) is 0 Å². The number of aromatic amines is 1. The molecule has 6 nitrogen and oxygen atoms in total. The summed E-state index contributed by atoms with van der Waals surface area (Å²) < 4.78 is 5.71. The van der Waals surface area contributed by atoms with E-state index in [1.165, 1.54) is 0 Å². The van der Waals surface area contributed by atoms with Gasteiger partial charge >= 0.3 is 0 Å². The van der Waals surface area contributed by atoms with Crippen molar-refractivity contribution in [2.24, 2.45) is 0 Å². The van der Waals surface area contributed by atoms with E-state index in [2.05, 4.69) is 25.1 Å². The van der Waals surface area contributed by atoms with Crippen LogP contribution in [0, 0.1) is 0 Å². The fourth-order valence-electron chi connectivity index (χ4n) is 1.92. The van der Waals surface area contributed by atoms with E-state index in [1.54, 1.807) is 18.6 Å². The Hall–Kier alpha value is -1.95. The van der Waals surface area contributed by atoms with Gasteiger partial charge in [0.05, 0.1) is 18.8 Å². The summed E-state index contributed by atoms with van der Waals surface area (Å²) in [5.74, 6) is 0.750. The van der Waals surface area contributed by atoms with Crippen molar-refractivity contribution in [3.8, 4) is 0 Å². The smallest absolute Gasteiger partial charge is 0.225 e. The van der Waals surface area contributed by atoms with E-state index in [0.717, 1.165) is 24.7 Å². The lowest BCUT2D eigenvalue weighted by Gasteiger charge is -2.32. The Labute approximate surface area is 98.7 Å². The molecule has 6 heteroatoms. The van der Waals surface area contributed by atoms with Gasteiger partial charge in [-0.2, -0.15) is 5.10 Å². The van der Waals surface area contributed by atoms with E-state index in [0.29, 0.717) is 6.61 Å². The number of hydrogen-bond acceptors (Lipinski definition) is 5. The molecule has 1 aliphatic heterocycles. The molecule has 0 spiro atoms. The van der Waals surface area contributed by atoms with Gasteiger partial charge in [-0.3, -0.25) is 5.10 Å². The van der Waals surface area contributed by atoms with Crippen LogP contribution >= 0.6 is 0 Å². The fourth-order valence-corrected chi connectivity index (χ4v) is 1.92. The Bertz CT molecular complexity index is 458. The SMILES string of the molecule is c1cnc(N2CCOC(c3ccn[nH]3)C2)nc1. The minimum atomic E-state index is 0.00931. The summed E-state index contributed by atoms with van der Waals surface area (Å²) in [5, 5.41) is 6.88. The van der Waals surface area contributed by atoms with Gasteiger partial charge in [0, 0.05) is 25.1 Å².